The molecule has 2 aromatic carbocycles. The monoisotopic (exact) mass is 358 g/mol. The summed E-state index contributed by atoms with van der Waals surface area (Å²) < 4.78 is 0. The molecule has 0 saturated carbocycles. The first-order valence-corrected chi connectivity index (χ1v) is 8.43. The quantitative estimate of drug-likeness (QED) is 0.612. The van der Waals surface area contributed by atoms with Gasteiger partial charge in [0.2, 0.25) is 5.91 Å². The van der Waals surface area contributed by atoms with Crippen LogP contribution in [0.5, 0.6) is 0 Å². The fourth-order valence-electron chi connectivity index (χ4n) is 2.28. The molecule has 3 nitrogen and oxygen atoms in total. The van der Waals surface area contributed by atoms with Gasteiger partial charge in [-0.25, -0.2) is 0 Å². The van der Waals surface area contributed by atoms with E-state index >= 15 is 0 Å². The van der Waals surface area contributed by atoms with Crippen LogP contribution >= 0.6 is 23.8 Å². The van der Waals surface area contributed by atoms with Gasteiger partial charge in [0.25, 0.3) is 0 Å². The van der Waals surface area contributed by atoms with Crippen LogP contribution in [0, 0.1) is 6.92 Å². The molecular formula is C19H19ClN2OS. The molecule has 0 heterocycles. The van der Waals surface area contributed by atoms with Crippen molar-refractivity contribution < 1.29 is 4.79 Å². The van der Waals surface area contributed by atoms with Crippen molar-refractivity contribution in [2.45, 2.75) is 20.3 Å². The summed E-state index contributed by atoms with van der Waals surface area (Å²) in [5, 5.41) is 6.62. The second-order valence-electron chi connectivity index (χ2n) is 5.26. The number of anilines is 1. The van der Waals surface area contributed by atoms with Gasteiger partial charge in [0.05, 0.1) is 0 Å². The number of aryl methyl sites for hydroxylation is 2. The van der Waals surface area contributed by atoms with Crippen molar-refractivity contribution in [2.75, 3.05) is 5.32 Å². The van der Waals surface area contributed by atoms with E-state index in [1.54, 1.807) is 12.1 Å². The Hall–Kier alpha value is -2.17. The van der Waals surface area contributed by atoms with Crippen molar-refractivity contribution in [1.82, 2.24) is 5.32 Å². The molecule has 0 aliphatic rings. The SMILES string of the molecule is CCc1cccc(C)c1NC(=S)NC(=O)/C=C/c1ccccc1Cl. The molecule has 0 aromatic heterocycles. The minimum absolute atomic E-state index is 0.271. The van der Waals surface area contributed by atoms with Gasteiger partial charge in [-0.1, -0.05) is 54.9 Å². The van der Waals surface area contributed by atoms with E-state index < -0.39 is 0 Å². The highest BCUT2D eigenvalue weighted by Crippen LogP contribution is 2.21. The predicted octanol–water partition coefficient (Wildman–Crippen LogP) is 4.74. The number of benzene rings is 2. The van der Waals surface area contributed by atoms with Crippen molar-refractivity contribution in [2.24, 2.45) is 0 Å². The molecule has 0 fully saturated rings. The third-order valence-corrected chi connectivity index (χ3v) is 4.08. The van der Waals surface area contributed by atoms with Gasteiger partial charge in [-0.3, -0.25) is 10.1 Å². The third kappa shape index (κ3) is 4.91. The van der Waals surface area contributed by atoms with E-state index in [1.807, 2.05) is 43.3 Å². The lowest BCUT2D eigenvalue weighted by Gasteiger charge is -2.14. The first-order chi connectivity index (χ1) is 11.5. The minimum atomic E-state index is -0.306. The molecule has 0 radical (unpaired) electrons. The molecule has 0 bridgehead atoms. The van der Waals surface area contributed by atoms with Gasteiger partial charge < -0.3 is 5.32 Å². The lowest BCUT2D eigenvalue weighted by atomic mass is 10.1. The van der Waals surface area contributed by atoms with E-state index in [0.717, 1.165) is 28.8 Å². The lowest BCUT2D eigenvalue weighted by Crippen LogP contribution is -2.33. The zero-order valence-electron chi connectivity index (χ0n) is 13.6. The average molecular weight is 359 g/mol. The molecule has 0 aliphatic carbocycles. The van der Waals surface area contributed by atoms with E-state index in [-0.39, 0.29) is 11.0 Å². The lowest BCUT2D eigenvalue weighted by molar-refractivity contribution is -0.115. The summed E-state index contributed by atoms with van der Waals surface area (Å²) in [5.74, 6) is -0.306. The van der Waals surface area contributed by atoms with E-state index in [9.17, 15) is 4.79 Å². The highest BCUT2D eigenvalue weighted by Gasteiger charge is 2.07. The summed E-state index contributed by atoms with van der Waals surface area (Å²) in [6.07, 6.45) is 3.95. The van der Waals surface area contributed by atoms with Crippen LogP contribution < -0.4 is 10.6 Å². The molecule has 1 amide bonds. The van der Waals surface area contributed by atoms with E-state index in [2.05, 4.69) is 17.6 Å². The number of nitrogens with one attached hydrogen (secondary N) is 2. The van der Waals surface area contributed by atoms with Gasteiger partial charge in [-0.2, -0.15) is 0 Å². The highest BCUT2D eigenvalue weighted by molar-refractivity contribution is 7.80. The smallest absolute Gasteiger partial charge is 0.250 e. The molecule has 0 atom stereocenters. The van der Waals surface area contributed by atoms with Crippen LogP contribution in [0.1, 0.15) is 23.6 Å². The predicted molar refractivity (Wildman–Crippen MR) is 105 cm³/mol. The maximum absolute atomic E-state index is 12.0. The second-order valence-corrected chi connectivity index (χ2v) is 6.08. The second kappa shape index (κ2) is 8.62. The Morgan fingerprint density at radius 3 is 2.67 bits per heavy atom. The molecule has 124 valence electrons. The Kier molecular flexibility index (Phi) is 6.53. The van der Waals surface area contributed by atoms with Crippen molar-refractivity contribution in [3.8, 4) is 0 Å². The van der Waals surface area contributed by atoms with Crippen LogP contribution in [0.2, 0.25) is 5.02 Å². The van der Waals surface area contributed by atoms with Gasteiger partial charge in [0.15, 0.2) is 5.11 Å². The van der Waals surface area contributed by atoms with Crippen molar-refractivity contribution in [3.05, 3.63) is 70.3 Å². The standard InChI is InChI=1S/C19H19ClN2OS/c1-3-14-9-6-7-13(2)18(14)22-19(24)21-17(23)12-11-15-8-4-5-10-16(15)20/h4-12H,3H2,1-2H3,(H2,21,22,23,24)/b12-11+. The summed E-state index contributed by atoms with van der Waals surface area (Å²) in [7, 11) is 0. The topological polar surface area (TPSA) is 41.1 Å². The van der Waals surface area contributed by atoms with Crippen LogP contribution in [0.3, 0.4) is 0 Å². The number of para-hydroxylation sites is 1. The number of hydrogen-bond acceptors (Lipinski definition) is 2. The summed E-state index contributed by atoms with van der Waals surface area (Å²) in [6.45, 7) is 4.08. The molecule has 2 aromatic rings. The Morgan fingerprint density at radius 1 is 1.21 bits per heavy atom. The number of hydrogen-bond donors (Lipinski definition) is 2. The Balaban J connectivity index is 2.00. The highest BCUT2D eigenvalue weighted by atomic mass is 35.5. The van der Waals surface area contributed by atoms with E-state index in [0.29, 0.717) is 5.02 Å². The Bertz CT molecular complexity index is 787. The molecule has 0 saturated heterocycles. The third-order valence-electron chi connectivity index (χ3n) is 3.53. The Labute approximate surface area is 152 Å². The summed E-state index contributed by atoms with van der Waals surface area (Å²) in [4.78, 5) is 12.0. The Morgan fingerprint density at radius 2 is 1.96 bits per heavy atom. The maximum Gasteiger partial charge on any atom is 0.250 e. The minimum Gasteiger partial charge on any atom is -0.332 e. The van der Waals surface area contributed by atoms with E-state index in [4.69, 9.17) is 23.8 Å². The van der Waals surface area contributed by atoms with Gasteiger partial charge in [-0.15, -0.1) is 0 Å². The zero-order valence-corrected chi connectivity index (χ0v) is 15.2. The molecular weight excluding hydrogens is 340 g/mol. The number of amides is 1. The number of thiocarbonyl (C=S) groups is 1. The molecule has 0 unspecified atom stereocenters. The van der Waals surface area contributed by atoms with Crippen LogP contribution in [-0.4, -0.2) is 11.0 Å². The fourth-order valence-corrected chi connectivity index (χ4v) is 2.68. The average Bonchev–Trinajstić information content (AvgIpc) is 2.56. The van der Waals surface area contributed by atoms with Crippen molar-refractivity contribution >= 4 is 46.6 Å². The number of rotatable bonds is 4. The molecule has 5 heteroatoms. The first-order valence-electron chi connectivity index (χ1n) is 7.64. The van der Waals surface area contributed by atoms with Gasteiger partial charge in [0.1, 0.15) is 0 Å². The van der Waals surface area contributed by atoms with Crippen LogP contribution in [-0.2, 0) is 11.2 Å². The fraction of sp³-hybridized carbons (Fsp3) is 0.158. The van der Waals surface area contributed by atoms with Crippen molar-refractivity contribution in [1.29, 1.82) is 0 Å². The molecule has 2 N–H and O–H groups in total. The van der Waals surface area contributed by atoms with Crippen LogP contribution in [0.15, 0.2) is 48.5 Å². The summed E-state index contributed by atoms with van der Waals surface area (Å²) >= 11 is 11.3. The largest absolute Gasteiger partial charge is 0.332 e. The van der Waals surface area contributed by atoms with Crippen LogP contribution in [0.4, 0.5) is 5.69 Å². The molecule has 2 rings (SSSR count). The van der Waals surface area contributed by atoms with Crippen LogP contribution in [0.25, 0.3) is 6.08 Å². The van der Waals surface area contributed by atoms with E-state index in [1.165, 1.54) is 6.08 Å². The zero-order chi connectivity index (χ0) is 17.5. The van der Waals surface area contributed by atoms with Crippen molar-refractivity contribution in [3.63, 3.8) is 0 Å². The summed E-state index contributed by atoms with van der Waals surface area (Å²) in [6, 6.07) is 13.4. The molecule has 0 aliphatic heterocycles. The number of carbonyl (C=O) groups is 1. The first kappa shape index (κ1) is 18.2. The summed E-state index contributed by atoms with van der Waals surface area (Å²) in [5.41, 5.74) is 3.96. The molecule has 0 spiro atoms. The van der Waals surface area contributed by atoms with Gasteiger partial charge in [0, 0.05) is 16.8 Å². The number of carbonyl (C=O) groups excluding carboxylic acids is 1. The molecule has 24 heavy (non-hydrogen) atoms. The number of halogens is 1. The van der Waals surface area contributed by atoms with Gasteiger partial charge in [-0.05, 0) is 54.4 Å². The van der Waals surface area contributed by atoms with Gasteiger partial charge >= 0.3 is 0 Å². The maximum atomic E-state index is 12.0. The normalized spacial score (nSPS) is 10.6.